The summed E-state index contributed by atoms with van der Waals surface area (Å²) in [6, 6.07) is 0. The van der Waals surface area contributed by atoms with Gasteiger partial charge in [0, 0.05) is 10.8 Å². The minimum atomic E-state index is 0.0835. The molecule has 1 heterocycles. The lowest BCUT2D eigenvalue weighted by molar-refractivity contribution is 0.287. The first-order valence-corrected chi connectivity index (χ1v) is 8.99. The average Bonchev–Trinajstić information content (AvgIpc) is 2.90. The molecule has 116 valence electrons. The molecule has 0 saturated heterocycles. The number of rotatable bonds is 8. The summed E-state index contributed by atoms with van der Waals surface area (Å²) >= 11 is 1.84. The first kappa shape index (κ1) is 17.6. The van der Waals surface area contributed by atoms with Crippen LogP contribution in [0.4, 0.5) is 0 Å². The SMILES string of the molecule is CCCCC(CC)(NCCC)c1nc(C(C)(C)C)cs1. The van der Waals surface area contributed by atoms with Crippen LogP contribution < -0.4 is 5.32 Å². The Balaban J connectivity index is 3.04. The standard InChI is InChI=1S/C17H32N2S/c1-7-10-11-17(9-3,18-12-8-2)15-19-14(13-20-15)16(4,5)6/h13,18H,7-12H2,1-6H3. The molecule has 1 rings (SSSR count). The molecule has 0 aliphatic rings. The molecule has 0 aliphatic heterocycles. The predicted octanol–water partition coefficient (Wildman–Crippen LogP) is 5.24. The van der Waals surface area contributed by atoms with E-state index < -0.39 is 0 Å². The van der Waals surface area contributed by atoms with E-state index in [2.05, 4.69) is 52.2 Å². The van der Waals surface area contributed by atoms with Crippen molar-refractivity contribution < 1.29 is 0 Å². The maximum Gasteiger partial charge on any atom is 0.113 e. The zero-order valence-electron chi connectivity index (χ0n) is 14.2. The van der Waals surface area contributed by atoms with Crippen LogP contribution in [0.5, 0.6) is 0 Å². The molecule has 0 fully saturated rings. The fourth-order valence-electron chi connectivity index (χ4n) is 2.40. The van der Waals surface area contributed by atoms with Crippen LogP contribution in [-0.2, 0) is 11.0 Å². The Bertz CT molecular complexity index is 382. The normalized spacial score (nSPS) is 15.3. The molecule has 0 amide bonds. The van der Waals surface area contributed by atoms with Crippen molar-refractivity contribution in [3.05, 3.63) is 16.1 Å². The van der Waals surface area contributed by atoms with Gasteiger partial charge in [-0.05, 0) is 25.8 Å². The Morgan fingerprint density at radius 2 is 1.85 bits per heavy atom. The highest BCUT2D eigenvalue weighted by molar-refractivity contribution is 7.09. The van der Waals surface area contributed by atoms with Gasteiger partial charge in [0.1, 0.15) is 5.01 Å². The van der Waals surface area contributed by atoms with Gasteiger partial charge < -0.3 is 5.32 Å². The predicted molar refractivity (Wildman–Crippen MR) is 90.6 cm³/mol. The maximum absolute atomic E-state index is 4.99. The van der Waals surface area contributed by atoms with E-state index in [1.165, 1.54) is 36.4 Å². The lowest BCUT2D eigenvalue weighted by atomic mass is 9.89. The van der Waals surface area contributed by atoms with Crippen LogP contribution >= 0.6 is 11.3 Å². The van der Waals surface area contributed by atoms with Crippen molar-refractivity contribution in [3.8, 4) is 0 Å². The molecule has 1 aromatic heterocycles. The van der Waals surface area contributed by atoms with Gasteiger partial charge >= 0.3 is 0 Å². The van der Waals surface area contributed by atoms with E-state index in [4.69, 9.17) is 4.98 Å². The molecule has 1 N–H and O–H groups in total. The van der Waals surface area contributed by atoms with Crippen LogP contribution in [-0.4, -0.2) is 11.5 Å². The molecule has 0 aromatic carbocycles. The van der Waals surface area contributed by atoms with Crippen molar-refractivity contribution in [1.29, 1.82) is 0 Å². The molecule has 0 radical (unpaired) electrons. The van der Waals surface area contributed by atoms with Crippen LogP contribution in [0.2, 0.25) is 0 Å². The van der Waals surface area contributed by atoms with E-state index in [0.717, 1.165) is 13.0 Å². The molecule has 0 bridgehead atoms. The maximum atomic E-state index is 4.99. The highest BCUT2D eigenvalue weighted by Gasteiger charge is 2.33. The molecule has 1 unspecified atom stereocenters. The summed E-state index contributed by atoms with van der Waals surface area (Å²) in [5.74, 6) is 0. The van der Waals surface area contributed by atoms with Gasteiger partial charge in [-0.3, -0.25) is 0 Å². The van der Waals surface area contributed by atoms with E-state index >= 15 is 0 Å². The van der Waals surface area contributed by atoms with Gasteiger partial charge in [-0.1, -0.05) is 54.4 Å². The van der Waals surface area contributed by atoms with Crippen LogP contribution in [0.25, 0.3) is 0 Å². The molecule has 1 atom stereocenters. The van der Waals surface area contributed by atoms with Crippen LogP contribution in [0, 0.1) is 0 Å². The molecular formula is C17H32N2S. The Kier molecular flexibility index (Phi) is 6.67. The summed E-state index contributed by atoms with van der Waals surface area (Å²) in [4.78, 5) is 4.99. The van der Waals surface area contributed by atoms with E-state index in [1.807, 2.05) is 11.3 Å². The third kappa shape index (κ3) is 4.29. The third-order valence-corrected chi connectivity index (χ3v) is 5.00. The third-order valence-electron chi connectivity index (χ3n) is 3.96. The fourth-order valence-corrected chi connectivity index (χ4v) is 3.73. The van der Waals surface area contributed by atoms with Crippen molar-refractivity contribution in [2.45, 2.75) is 84.6 Å². The minimum Gasteiger partial charge on any atom is -0.305 e. The highest BCUT2D eigenvalue weighted by atomic mass is 32.1. The van der Waals surface area contributed by atoms with Crippen molar-refractivity contribution in [3.63, 3.8) is 0 Å². The molecule has 3 heteroatoms. The van der Waals surface area contributed by atoms with Gasteiger partial charge in [-0.15, -0.1) is 11.3 Å². The van der Waals surface area contributed by atoms with Crippen LogP contribution in [0.15, 0.2) is 5.38 Å². The second kappa shape index (κ2) is 7.56. The van der Waals surface area contributed by atoms with Gasteiger partial charge in [0.2, 0.25) is 0 Å². The molecule has 20 heavy (non-hydrogen) atoms. The monoisotopic (exact) mass is 296 g/mol. The summed E-state index contributed by atoms with van der Waals surface area (Å²) in [5.41, 5.74) is 1.45. The van der Waals surface area contributed by atoms with E-state index in [9.17, 15) is 0 Å². The number of hydrogen-bond acceptors (Lipinski definition) is 3. The van der Waals surface area contributed by atoms with E-state index in [0.29, 0.717) is 0 Å². The Hall–Kier alpha value is -0.410. The summed E-state index contributed by atoms with van der Waals surface area (Å²) in [6.07, 6.45) is 5.98. The Morgan fingerprint density at radius 1 is 1.15 bits per heavy atom. The summed E-state index contributed by atoms with van der Waals surface area (Å²) in [7, 11) is 0. The molecule has 0 aliphatic carbocycles. The van der Waals surface area contributed by atoms with E-state index in [1.54, 1.807) is 0 Å². The molecule has 2 nitrogen and oxygen atoms in total. The summed E-state index contributed by atoms with van der Waals surface area (Å²) in [5, 5.41) is 7.33. The molecule has 0 saturated carbocycles. The van der Waals surface area contributed by atoms with Gasteiger partial charge in [0.05, 0.1) is 11.2 Å². The zero-order valence-corrected chi connectivity index (χ0v) is 15.0. The number of hydrogen-bond donors (Lipinski definition) is 1. The highest BCUT2D eigenvalue weighted by Crippen LogP contribution is 2.35. The van der Waals surface area contributed by atoms with Crippen LogP contribution in [0.3, 0.4) is 0 Å². The smallest absolute Gasteiger partial charge is 0.113 e. The van der Waals surface area contributed by atoms with Gasteiger partial charge in [0.25, 0.3) is 0 Å². The Morgan fingerprint density at radius 3 is 2.30 bits per heavy atom. The largest absolute Gasteiger partial charge is 0.305 e. The minimum absolute atomic E-state index is 0.0835. The number of nitrogens with zero attached hydrogens (tertiary/aromatic N) is 1. The molecular weight excluding hydrogens is 264 g/mol. The van der Waals surface area contributed by atoms with Crippen molar-refractivity contribution >= 4 is 11.3 Å². The molecule has 1 aromatic rings. The zero-order chi connectivity index (χ0) is 15.2. The first-order chi connectivity index (χ1) is 9.39. The van der Waals surface area contributed by atoms with Crippen molar-refractivity contribution in [2.24, 2.45) is 0 Å². The second-order valence-electron chi connectivity index (χ2n) is 6.75. The lowest BCUT2D eigenvalue weighted by Gasteiger charge is -2.32. The number of thiazole rings is 1. The van der Waals surface area contributed by atoms with Crippen molar-refractivity contribution in [2.75, 3.05) is 6.54 Å². The topological polar surface area (TPSA) is 24.9 Å². The van der Waals surface area contributed by atoms with Gasteiger partial charge in [0.15, 0.2) is 0 Å². The van der Waals surface area contributed by atoms with E-state index in [-0.39, 0.29) is 11.0 Å². The lowest BCUT2D eigenvalue weighted by Crippen LogP contribution is -2.42. The molecule has 0 spiro atoms. The fraction of sp³-hybridized carbons (Fsp3) is 0.824. The van der Waals surface area contributed by atoms with Gasteiger partial charge in [-0.25, -0.2) is 4.98 Å². The second-order valence-corrected chi connectivity index (χ2v) is 7.61. The van der Waals surface area contributed by atoms with Crippen LogP contribution in [0.1, 0.15) is 84.3 Å². The summed E-state index contributed by atoms with van der Waals surface area (Å²) in [6.45, 7) is 14.6. The Labute approximate surface area is 129 Å². The summed E-state index contributed by atoms with van der Waals surface area (Å²) < 4.78 is 0. The van der Waals surface area contributed by atoms with Crippen molar-refractivity contribution in [1.82, 2.24) is 10.3 Å². The first-order valence-electron chi connectivity index (χ1n) is 8.11. The van der Waals surface area contributed by atoms with Gasteiger partial charge in [-0.2, -0.15) is 0 Å². The number of aromatic nitrogens is 1. The quantitative estimate of drug-likeness (QED) is 0.710. The number of unbranched alkanes of at least 4 members (excludes halogenated alkanes) is 1. The number of nitrogens with one attached hydrogen (secondary N) is 1. The average molecular weight is 297 g/mol.